The van der Waals surface area contributed by atoms with Crippen molar-refractivity contribution in [3.63, 3.8) is 0 Å². The standard InChI is InChI=1S/C15H20N2O3S/c1-10-8-13(11(2)20-10)14(18)5-6-16-15(19)17-9-12-4-3-7-21-12/h3-4,7-8,14,18H,5-6,9H2,1-2H3,(H2,16,17,19). The zero-order chi connectivity index (χ0) is 15.2. The van der Waals surface area contributed by atoms with Gasteiger partial charge in [-0.25, -0.2) is 4.79 Å². The fraction of sp³-hybridized carbons (Fsp3) is 0.400. The van der Waals surface area contributed by atoms with Crippen LogP contribution in [0.25, 0.3) is 0 Å². The number of amides is 2. The number of aliphatic hydroxyl groups is 1. The van der Waals surface area contributed by atoms with Gasteiger partial charge in [0.1, 0.15) is 11.5 Å². The molecular weight excluding hydrogens is 288 g/mol. The highest BCUT2D eigenvalue weighted by atomic mass is 32.1. The minimum absolute atomic E-state index is 0.226. The number of urea groups is 1. The molecule has 3 N–H and O–H groups in total. The Hall–Kier alpha value is -1.79. The quantitative estimate of drug-likeness (QED) is 0.768. The second kappa shape index (κ2) is 7.28. The van der Waals surface area contributed by atoms with E-state index in [2.05, 4.69) is 10.6 Å². The van der Waals surface area contributed by atoms with Crippen LogP contribution >= 0.6 is 11.3 Å². The summed E-state index contributed by atoms with van der Waals surface area (Å²) in [4.78, 5) is 12.7. The molecule has 5 nitrogen and oxygen atoms in total. The van der Waals surface area contributed by atoms with E-state index in [4.69, 9.17) is 4.42 Å². The van der Waals surface area contributed by atoms with E-state index in [1.807, 2.05) is 37.4 Å². The Morgan fingerprint density at radius 3 is 2.86 bits per heavy atom. The maximum absolute atomic E-state index is 11.6. The lowest BCUT2D eigenvalue weighted by atomic mass is 10.1. The van der Waals surface area contributed by atoms with Gasteiger partial charge in [-0.3, -0.25) is 0 Å². The van der Waals surface area contributed by atoms with Gasteiger partial charge in [-0.1, -0.05) is 6.07 Å². The monoisotopic (exact) mass is 308 g/mol. The number of carbonyl (C=O) groups excluding carboxylic acids is 1. The summed E-state index contributed by atoms with van der Waals surface area (Å²) in [6.07, 6.45) is -0.174. The summed E-state index contributed by atoms with van der Waals surface area (Å²) in [6, 6.07) is 5.52. The van der Waals surface area contributed by atoms with Crippen molar-refractivity contribution < 1.29 is 14.3 Å². The number of hydrogen-bond acceptors (Lipinski definition) is 4. The van der Waals surface area contributed by atoms with Gasteiger partial charge >= 0.3 is 6.03 Å². The molecule has 0 saturated carbocycles. The van der Waals surface area contributed by atoms with Crippen molar-refractivity contribution in [1.82, 2.24) is 10.6 Å². The first-order valence-corrected chi connectivity index (χ1v) is 7.73. The first-order chi connectivity index (χ1) is 10.1. The second-order valence-corrected chi connectivity index (χ2v) is 5.89. The molecule has 2 aromatic rings. The molecule has 2 heterocycles. The first kappa shape index (κ1) is 15.6. The molecule has 2 amide bonds. The van der Waals surface area contributed by atoms with Crippen molar-refractivity contribution in [3.8, 4) is 0 Å². The average molecular weight is 308 g/mol. The molecule has 0 aliphatic heterocycles. The van der Waals surface area contributed by atoms with Gasteiger partial charge in [-0.05, 0) is 37.8 Å². The van der Waals surface area contributed by atoms with Gasteiger partial charge < -0.3 is 20.2 Å². The van der Waals surface area contributed by atoms with Gasteiger partial charge in [-0.2, -0.15) is 0 Å². The van der Waals surface area contributed by atoms with Crippen LogP contribution in [0.5, 0.6) is 0 Å². The lowest BCUT2D eigenvalue weighted by molar-refractivity contribution is 0.165. The van der Waals surface area contributed by atoms with Crippen LogP contribution in [-0.2, 0) is 6.54 Å². The number of aryl methyl sites for hydroxylation is 2. The summed E-state index contributed by atoms with van der Waals surface area (Å²) in [5.41, 5.74) is 0.785. The predicted octanol–water partition coefficient (Wildman–Crippen LogP) is 2.88. The van der Waals surface area contributed by atoms with Crippen LogP contribution in [0.4, 0.5) is 4.79 Å². The highest BCUT2D eigenvalue weighted by Gasteiger charge is 2.14. The zero-order valence-corrected chi connectivity index (χ0v) is 13.0. The fourth-order valence-corrected chi connectivity index (χ4v) is 2.75. The molecule has 0 radical (unpaired) electrons. The molecule has 0 aliphatic rings. The predicted molar refractivity (Wildman–Crippen MR) is 82.3 cm³/mol. The molecule has 0 fully saturated rings. The van der Waals surface area contributed by atoms with Gasteiger partial charge in [0.2, 0.25) is 0 Å². The van der Waals surface area contributed by atoms with E-state index in [-0.39, 0.29) is 6.03 Å². The van der Waals surface area contributed by atoms with Crippen molar-refractivity contribution in [2.45, 2.75) is 32.9 Å². The fourth-order valence-electron chi connectivity index (χ4n) is 2.10. The van der Waals surface area contributed by atoms with Gasteiger partial charge in [0.15, 0.2) is 0 Å². The molecule has 2 aromatic heterocycles. The van der Waals surface area contributed by atoms with Crippen molar-refractivity contribution in [3.05, 3.63) is 45.5 Å². The number of thiophene rings is 1. The molecule has 0 saturated heterocycles. The Morgan fingerprint density at radius 1 is 1.43 bits per heavy atom. The van der Waals surface area contributed by atoms with Crippen molar-refractivity contribution >= 4 is 17.4 Å². The minimum Gasteiger partial charge on any atom is -0.466 e. The van der Waals surface area contributed by atoms with Crippen molar-refractivity contribution in [1.29, 1.82) is 0 Å². The lowest BCUT2D eigenvalue weighted by Crippen LogP contribution is -2.35. The highest BCUT2D eigenvalue weighted by Crippen LogP contribution is 2.23. The molecule has 114 valence electrons. The SMILES string of the molecule is Cc1cc(C(O)CCNC(=O)NCc2cccs2)c(C)o1. The third-order valence-electron chi connectivity index (χ3n) is 3.14. The van der Waals surface area contributed by atoms with E-state index in [1.165, 1.54) is 0 Å². The van der Waals surface area contributed by atoms with Crippen LogP contribution < -0.4 is 10.6 Å². The summed E-state index contributed by atoms with van der Waals surface area (Å²) in [7, 11) is 0. The largest absolute Gasteiger partial charge is 0.466 e. The molecular formula is C15H20N2O3S. The Labute approximate surface area is 128 Å². The van der Waals surface area contributed by atoms with E-state index >= 15 is 0 Å². The molecule has 1 atom stereocenters. The van der Waals surface area contributed by atoms with Crippen molar-refractivity contribution in [2.75, 3.05) is 6.54 Å². The number of furan rings is 1. The molecule has 0 bridgehead atoms. The second-order valence-electron chi connectivity index (χ2n) is 4.86. The maximum atomic E-state index is 11.6. The molecule has 2 rings (SSSR count). The van der Waals surface area contributed by atoms with Gasteiger partial charge in [0.25, 0.3) is 0 Å². The first-order valence-electron chi connectivity index (χ1n) is 6.85. The van der Waals surface area contributed by atoms with Crippen LogP contribution in [0.3, 0.4) is 0 Å². The topological polar surface area (TPSA) is 74.5 Å². The van der Waals surface area contributed by atoms with E-state index < -0.39 is 6.10 Å². The Kier molecular flexibility index (Phi) is 5.41. The summed E-state index contributed by atoms with van der Waals surface area (Å²) in [5.74, 6) is 1.50. The number of aliphatic hydroxyl groups excluding tert-OH is 1. The number of nitrogens with one attached hydrogen (secondary N) is 2. The minimum atomic E-state index is -0.625. The van der Waals surface area contributed by atoms with Crippen molar-refractivity contribution in [2.24, 2.45) is 0 Å². The molecule has 0 aliphatic carbocycles. The van der Waals surface area contributed by atoms with Gasteiger partial charge in [0.05, 0.1) is 12.6 Å². The third-order valence-corrected chi connectivity index (χ3v) is 4.02. The van der Waals surface area contributed by atoms with E-state index in [9.17, 15) is 9.90 Å². The van der Waals surface area contributed by atoms with Crippen LogP contribution in [0, 0.1) is 13.8 Å². The number of rotatable bonds is 6. The Morgan fingerprint density at radius 2 is 2.24 bits per heavy atom. The molecule has 1 unspecified atom stereocenters. The molecule has 21 heavy (non-hydrogen) atoms. The number of carbonyl (C=O) groups is 1. The van der Waals surface area contributed by atoms with Crippen LogP contribution in [0.2, 0.25) is 0 Å². The molecule has 0 aromatic carbocycles. The Balaban J connectivity index is 1.68. The number of hydrogen-bond donors (Lipinski definition) is 3. The molecule has 6 heteroatoms. The van der Waals surface area contributed by atoms with E-state index in [0.29, 0.717) is 19.5 Å². The maximum Gasteiger partial charge on any atom is 0.315 e. The summed E-state index contributed by atoms with van der Waals surface area (Å²) in [5, 5.41) is 17.6. The third kappa shape index (κ3) is 4.61. The normalized spacial score (nSPS) is 12.1. The molecule has 0 spiro atoms. The summed E-state index contributed by atoms with van der Waals surface area (Å²) >= 11 is 1.60. The van der Waals surface area contributed by atoms with Gasteiger partial charge in [0, 0.05) is 17.0 Å². The highest BCUT2D eigenvalue weighted by molar-refractivity contribution is 7.09. The van der Waals surface area contributed by atoms with E-state index in [1.54, 1.807) is 11.3 Å². The summed E-state index contributed by atoms with van der Waals surface area (Å²) in [6.45, 7) is 4.60. The smallest absolute Gasteiger partial charge is 0.315 e. The van der Waals surface area contributed by atoms with E-state index in [0.717, 1.165) is 22.0 Å². The average Bonchev–Trinajstić information content (AvgIpc) is 3.05. The van der Waals surface area contributed by atoms with Crippen LogP contribution in [-0.4, -0.2) is 17.7 Å². The van der Waals surface area contributed by atoms with Crippen LogP contribution in [0.15, 0.2) is 28.0 Å². The zero-order valence-electron chi connectivity index (χ0n) is 12.2. The summed E-state index contributed by atoms with van der Waals surface area (Å²) < 4.78 is 5.38. The van der Waals surface area contributed by atoms with Crippen LogP contribution in [0.1, 0.15) is 34.5 Å². The Bertz CT molecular complexity index is 578. The lowest BCUT2D eigenvalue weighted by Gasteiger charge is -2.11. The van der Waals surface area contributed by atoms with Gasteiger partial charge in [-0.15, -0.1) is 11.3 Å².